The molecule has 1 amide bonds. The molecule has 0 radical (unpaired) electrons. The molecule has 23 heavy (non-hydrogen) atoms. The fourth-order valence-corrected chi connectivity index (χ4v) is 2.11. The minimum Gasteiger partial charge on any atom is -0.495 e. The van der Waals surface area contributed by atoms with E-state index >= 15 is 0 Å². The number of carbonyl (C=O) groups is 1. The molecule has 0 aliphatic carbocycles. The lowest BCUT2D eigenvalue weighted by Crippen LogP contribution is -2.25. The number of nitrogens with one attached hydrogen (secondary N) is 2. The zero-order valence-corrected chi connectivity index (χ0v) is 13.8. The van der Waals surface area contributed by atoms with E-state index in [1.165, 1.54) is 0 Å². The van der Waals surface area contributed by atoms with Crippen LogP contribution in [0.3, 0.4) is 0 Å². The topological polar surface area (TPSA) is 63.2 Å². The smallest absolute Gasteiger partial charge is 0.252 e. The van der Waals surface area contributed by atoms with E-state index in [1.54, 1.807) is 25.6 Å². The highest BCUT2D eigenvalue weighted by molar-refractivity contribution is 5.94. The van der Waals surface area contributed by atoms with Gasteiger partial charge in [0.05, 0.1) is 30.2 Å². The standard InChI is InChI=1S/C18H23N3O2/c1-13(2)8-9-20-18(22)14-10-15(12-19-11-14)21-16-6-4-5-7-17(16)23-3/h4-7,10-13,21H,8-9H2,1-3H3,(H,20,22). The number of nitrogens with zero attached hydrogens (tertiary/aromatic N) is 1. The molecule has 2 rings (SSSR count). The van der Waals surface area contributed by atoms with Gasteiger partial charge in [-0.2, -0.15) is 0 Å². The van der Waals surface area contributed by atoms with Crippen molar-refractivity contribution in [2.24, 2.45) is 5.92 Å². The van der Waals surface area contributed by atoms with Crippen LogP contribution in [0.2, 0.25) is 0 Å². The average Bonchev–Trinajstić information content (AvgIpc) is 2.55. The van der Waals surface area contributed by atoms with E-state index in [0.29, 0.717) is 18.0 Å². The van der Waals surface area contributed by atoms with Crippen molar-refractivity contribution in [3.63, 3.8) is 0 Å². The Hall–Kier alpha value is -2.56. The first kappa shape index (κ1) is 16.8. The predicted molar refractivity (Wildman–Crippen MR) is 92.3 cm³/mol. The van der Waals surface area contributed by atoms with Crippen LogP contribution in [0.15, 0.2) is 42.7 Å². The molecule has 0 aliphatic heterocycles. The zero-order chi connectivity index (χ0) is 16.7. The van der Waals surface area contributed by atoms with Gasteiger partial charge in [0.25, 0.3) is 5.91 Å². The lowest BCUT2D eigenvalue weighted by atomic mass is 10.1. The molecular weight excluding hydrogens is 290 g/mol. The number of benzene rings is 1. The van der Waals surface area contributed by atoms with Crippen molar-refractivity contribution >= 4 is 17.3 Å². The Balaban J connectivity index is 2.06. The summed E-state index contributed by atoms with van der Waals surface area (Å²) in [7, 11) is 1.62. The van der Waals surface area contributed by atoms with Crippen LogP contribution in [-0.4, -0.2) is 24.5 Å². The van der Waals surface area contributed by atoms with Crippen LogP contribution in [0.5, 0.6) is 5.75 Å². The molecule has 2 aromatic rings. The maximum atomic E-state index is 12.2. The van der Waals surface area contributed by atoms with Crippen molar-refractivity contribution in [1.82, 2.24) is 10.3 Å². The van der Waals surface area contributed by atoms with E-state index in [-0.39, 0.29) is 5.91 Å². The molecule has 5 nitrogen and oxygen atoms in total. The van der Waals surface area contributed by atoms with Crippen molar-refractivity contribution in [3.05, 3.63) is 48.3 Å². The lowest BCUT2D eigenvalue weighted by molar-refractivity contribution is 0.0951. The van der Waals surface area contributed by atoms with Gasteiger partial charge in [0, 0.05) is 12.7 Å². The van der Waals surface area contributed by atoms with Gasteiger partial charge in [0.1, 0.15) is 5.75 Å². The van der Waals surface area contributed by atoms with Crippen molar-refractivity contribution in [1.29, 1.82) is 0 Å². The van der Waals surface area contributed by atoms with E-state index in [0.717, 1.165) is 23.5 Å². The number of anilines is 2. The Morgan fingerprint density at radius 2 is 2.04 bits per heavy atom. The molecule has 0 atom stereocenters. The van der Waals surface area contributed by atoms with Crippen LogP contribution in [0.1, 0.15) is 30.6 Å². The number of amides is 1. The third-order valence-corrected chi connectivity index (χ3v) is 3.39. The number of hydrogen-bond donors (Lipinski definition) is 2. The van der Waals surface area contributed by atoms with Crippen molar-refractivity contribution in [2.45, 2.75) is 20.3 Å². The summed E-state index contributed by atoms with van der Waals surface area (Å²) in [6, 6.07) is 9.39. The monoisotopic (exact) mass is 313 g/mol. The second-order valence-electron chi connectivity index (χ2n) is 5.73. The third-order valence-electron chi connectivity index (χ3n) is 3.39. The number of carbonyl (C=O) groups excluding carboxylic acids is 1. The summed E-state index contributed by atoms with van der Waals surface area (Å²) in [5.41, 5.74) is 2.11. The zero-order valence-electron chi connectivity index (χ0n) is 13.8. The highest BCUT2D eigenvalue weighted by Crippen LogP contribution is 2.26. The normalized spacial score (nSPS) is 10.4. The van der Waals surface area contributed by atoms with Gasteiger partial charge in [-0.05, 0) is 30.5 Å². The van der Waals surface area contributed by atoms with E-state index in [9.17, 15) is 4.79 Å². The Labute approximate surface area is 137 Å². The average molecular weight is 313 g/mol. The van der Waals surface area contributed by atoms with Crippen LogP contribution in [-0.2, 0) is 0 Å². The first-order valence-corrected chi connectivity index (χ1v) is 7.73. The summed E-state index contributed by atoms with van der Waals surface area (Å²) < 4.78 is 5.31. The quantitative estimate of drug-likeness (QED) is 0.819. The fraction of sp³-hybridized carbons (Fsp3) is 0.333. The van der Waals surface area contributed by atoms with Crippen LogP contribution >= 0.6 is 0 Å². The van der Waals surface area contributed by atoms with E-state index in [1.807, 2.05) is 24.3 Å². The largest absolute Gasteiger partial charge is 0.495 e. The molecule has 0 spiro atoms. The number of pyridine rings is 1. The molecule has 0 saturated carbocycles. The molecule has 0 fully saturated rings. The van der Waals surface area contributed by atoms with Gasteiger partial charge in [-0.3, -0.25) is 9.78 Å². The number of ether oxygens (including phenoxy) is 1. The Morgan fingerprint density at radius 1 is 1.26 bits per heavy atom. The van der Waals surface area contributed by atoms with E-state index < -0.39 is 0 Å². The van der Waals surface area contributed by atoms with Crippen LogP contribution in [0, 0.1) is 5.92 Å². The molecule has 0 saturated heterocycles. The van der Waals surface area contributed by atoms with Gasteiger partial charge < -0.3 is 15.4 Å². The van der Waals surface area contributed by atoms with Gasteiger partial charge in [-0.25, -0.2) is 0 Å². The van der Waals surface area contributed by atoms with Crippen molar-refractivity contribution in [3.8, 4) is 5.75 Å². The van der Waals surface area contributed by atoms with Crippen LogP contribution in [0.25, 0.3) is 0 Å². The predicted octanol–water partition coefficient (Wildman–Crippen LogP) is 3.61. The Morgan fingerprint density at radius 3 is 2.78 bits per heavy atom. The SMILES string of the molecule is COc1ccccc1Nc1cncc(C(=O)NCCC(C)C)c1. The molecule has 1 aromatic heterocycles. The van der Waals surface area contributed by atoms with Crippen molar-refractivity contribution in [2.75, 3.05) is 19.0 Å². The molecule has 122 valence electrons. The number of aromatic nitrogens is 1. The summed E-state index contributed by atoms with van der Waals surface area (Å²) >= 11 is 0. The molecular formula is C18H23N3O2. The van der Waals surface area contributed by atoms with Gasteiger partial charge in [-0.15, -0.1) is 0 Å². The molecule has 2 N–H and O–H groups in total. The molecule has 1 aromatic carbocycles. The Bertz CT molecular complexity index is 656. The highest BCUT2D eigenvalue weighted by Gasteiger charge is 2.08. The number of rotatable bonds is 7. The van der Waals surface area contributed by atoms with E-state index in [2.05, 4.69) is 29.5 Å². The second kappa shape index (κ2) is 8.17. The fourth-order valence-electron chi connectivity index (χ4n) is 2.11. The summed E-state index contributed by atoms with van der Waals surface area (Å²) in [6.07, 6.45) is 4.20. The minimum atomic E-state index is -0.109. The Kier molecular flexibility index (Phi) is 5.97. The first-order chi connectivity index (χ1) is 11.1. The number of hydrogen-bond acceptors (Lipinski definition) is 4. The molecule has 0 aliphatic rings. The maximum Gasteiger partial charge on any atom is 0.252 e. The molecule has 0 unspecified atom stereocenters. The minimum absolute atomic E-state index is 0.109. The molecule has 0 bridgehead atoms. The van der Waals surface area contributed by atoms with Crippen LogP contribution in [0.4, 0.5) is 11.4 Å². The summed E-state index contributed by atoms with van der Waals surface area (Å²) in [5, 5.41) is 6.14. The van der Waals surface area contributed by atoms with Gasteiger partial charge in [0.15, 0.2) is 0 Å². The number of methoxy groups -OCH3 is 1. The summed E-state index contributed by atoms with van der Waals surface area (Å²) in [5.74, 6) is 1.19. The maximum absolute atomic E-state index is 12.2. The second-order valence-corrected chi connectivity index (χ2v) is 5.73. The first-order valence-electron chi connectivity index (χ1n) is 7.73. The van der Waals surface area contributed by atoms with Crippen LogP contribution < -0.4 is 15.4 Å². The summed E-state index contributed by atoms with van der Waals surface area (Å²) in [4.78, 5) is 16.3. The molecule has 5 heteroatoms. The third kappa shape index (κ3) is 4.98. The van der Waals surface area contributed by atoms with E-state index in [4.69, 9.17) is 4.74 Å². The van der Waals surface area contributed by atoms with Gasteiger partial charge in [-0.1, -0.05) is 26.0 Å². The van der Waals surface area contributed by atoms with Gasteiger partial charge >= 0.3 is 0 Å². The lowest BCUT2D eigenvalue weighted by Gasteiger charge is -2.12. The van der Waals surface area contributed by atoms with Crippen molar-refractivity contribution < 1.29 is 9.53 Å². The number of para-hydroxylation sites is 2. The highest BCUT2D eigenvalue weighted by atomic mass is 16.5. The molecule has 1 heterocycles. The summed E-state index contributed by atoms with van der Waals surface area (Å²) in [6.45, 7) is 4.93. The van der Waals surface area contributed by atoms with Gasteiger partial charge in [0.2, 0.25) is 0 Å².